The van der Waals surface area contributed by atoms with Crippen LogP contribution in [0.4, 0.5) is 0 Å². The molecular weight excluding hydrogens is 96.1 g/mol. The molecule has 0 nitrogen and oxygen atoms in total. The Morgan fingerprint density at radius 1 is 1.38 bits per heavy atom. The zero-order valence-electron chi connectivity index (χ0n) is 5.15. The largest absolute Gasteiger partial charge is 0.0588 e. The highest BCUT2D eigenvalue weighted by Gasteiger charge is 3.03. The van der Waals surface area contributed by atoms with Crippen molar-refractivity contribution in [3.63, 3.8) is 0 Å². The Morgan fingerprint density at radius 2 is 2.25 bits per heavy atom. The van der Waals surface area contributed by atoms with Gasteiger partial charge in [0.1, 0.15) is 0 Å². The molecule has 0 N–H and O–H groups in total. The second-order valence-electron chi connectivity index (χ2n) is 4.63. The van der Waals surface area contributed by atoms with E-state index < -0.39 is 0 Å². The minimum Gasteiger partial charge on any atom is -0.0588 e. The van der Waals surface area contributed by atoms with E-state index in [1.165, 1.54) is 17.8 Å². The van der Waals surface area contributed by atoms with Crippen LogP contribution in [0.25, 0.3) is 0 Å². The minimum absolute atomic E-state index is 0.933. The molecule has 5 atom stereocenters. The third-order valence-electron chi connectivity index (χ3n) is 4.86. The molecule has 6 aliphatic rings. The lowest BCUT2D eigenvalue weighted by atomic mass is 9.80. The van der Waals surface area contributed by atoms with E-state index in [0.29, 0.717) is 0 Å². The van der Waals surface area contributed by atoms with E-state index in [-0.39, 0.29) is 0 Å². The maximum atomic E-state index is 2.52. The Morgan fingerprint density at radius 3 is 2.38 bits per heavy atom. The van der Waals surface area contributed by atoms with Gasteiger partial charge in [0.2, 0.25) is 0 Å². The van der Waals surface area contributed by atoms with E-state index in [0.717, 1.165) is 10.8 Å². The fourth-order valence-corrected chi connectivity index (χ4v) is 4.63. The first kappa shape index (κ1) is 3.24. The maximum absolute atomic E-state index is 2.52. The molecule has 5 unspecified atom stereocenters. The van der Waals surface area contributed by atoms with Crippen molar-refractivity contribution in [2.45, 2.75) is 19.8 Å². The first-order valence-corrected chi connectivity index (χ1v) is 3.81. The molecule has 6 rings (SSSR count). The van der Waals surface area contributed by atoms with Crippen molar-refractivity contribution in [2.24, 2.45) is 28.6 Å². The molecule has 0 aromatic rings. The SMILES string of the molecule is CC12CC3CC14C3C24. The van der Waals surface area contributed by atoms with Crippen molar-refractivity contribution < 1.29 is 0 Å². The van der Waals surface area contributed by atoms with Gasteiger partial charge in [-0.1, -0.05) is 6.92 Å². The predicted octanol–water partition coefficient (Wildman–Crippen LogP) is 1.66. The van der Waals surface area contributed by atoms with Gasteiger partial charge < -0.3 is 0 Å². The van der Waals surface area contributed by atoms with Crippen molar-refractivity contribution in [3.05, 3.63) is 0 Å². The number of hydrogen-bond donors (Lipinski definition) is 0. The van der Waals surface area contributed by atoms with Crippen molar-refractivity contribution in [1.82, 2.24) is 0 Å². The van der Waals surface area contributed by atoms with E-state index in [2.05, 4.69) is 6.92 Å². The molecule has 6 fully saturated rings. The molecule has 0 aromatic heterocycles. The number of hydrogen-bond acceptors (Lipinski definition) is 0. The molecule has 1 spiro atoms. The van der Waals surface area contributed by atoms with Gasteiger partial charge in [-0.05, 0) is 41.4 Å². The Balaban J connectivity index is 2.14. The lowest BCUT2D eigenvalue weighted by molar-refractivity contribution is 0.237. The van der Waals surface area contributed by atoms with Crippen molar-refractivity contribution in [1.29, 1.82) is 0 Å². The second-order valence-corrected chi connectivity index (χ2v) is 4.63. The molecule has 6 aliphatic carbocycles. The molecular formula is C8H10. The second kappa shape index (κ2) is 0.476. The first-order valence-electron chi connectivity index (χ1n) is 3.81. The fraction of sp³-hybridized carbons (Fsp3) is 1.00. The van der Waals surface area contributed by atoms with Gasteiger partial charge in [0.25, 0.3) is 0 Å². The van der Waals surface area contributed by atoms with Gasteiger partial charge in [0.05, 0.1) is 0 Å². The van der Waals surface area contributed by atoms with Gasteiger partial charge in [-0.25, -0.2) is 0 Å². The summed E-state index contributed by atoms with van der Waals surface area (Å²) in [5.41, 5.74) is 1.96. The van der Waals surface area contributed by atoms with E-state index in [1.807, 2.05) is 0 Å². The average molecular weight is 106 g/mol. The summed E-state index contributed by atoms with van der Waals surface area (Å²) < 4.78 is 0. The molecule has 6 saturated carbocycles. The topological polar surface area (TPSA) is 0 Å². The van der Waals surface area contributed by atoms with Gasteiger partial charge in [0.15, 0.2) is 0 Å². The highest BCUT2D eigenvalue weighted by molar-refractivity contribution is 5.50. The van der Waals surface area contributed by atoms with Crippen LogP contribution in [0.1, 0.15) is 19.8 Å². The smallest absolute Gasteiger partial charge is 0.0167 e. The van der Waals surface area contributed by atoms with E-state index in [4.69, 9.17) is 0 Å². The molecule has 0 amide bonds. The van der Waals surface area contributed by atoms with Crippen LogP contribution in [-0.4, -0.2) is 0 Å². The molecule has 0 heteroatoms. The standard InChI is InChI=1S/C8H10/c1-7-2-4-3-8(7)5(4)6(7)8/h4-6H,2-3H2,1H3. The normalized spacial score (nSPS) is 94.9. The highest BCUT2D eigenvalue weighted by Crippen LogP contribution is 3.08. The van der Waals surface area contributed by atoms with Gasteiger partial charge in [0, 0.05) is 0 Å². The minimum atomic E-state index is 0.933. The van der Waals surface area contributed by atoms with Crippen LogP contribution in [0, 0.1) is 28.6 Å². The van der Waals surface area contributed by atoms with Gasteiger partial charge in [-0.2, -0.15) is 0 Å². The van der Waals surface area contributed by atoms with Crippen LogP contribution in [0.2, 0.25) is 0 Å². The first-order chi connectivity index (χ1) is 3.81. The molecule has 42 valence electrons. The summed E-state index contributed by atoms with van der Waals surface area (Å²) in [4.78, 5) is 0. The van der Waals surface area contributed by atoms with Crippen LogP contribution in [0.3, 0.4) is 0 Å². The summed E-state index contributed by atoms with van der Waals surface area (Å²) in [7, 11) is 0. The predicted molar refractivity (Wildman–Crippen MR) is 30.2 cm³/mol. The lowest BCUT2D eigenvalue weighted by Gasteiger charge is -2.24. The molecule has 0 radical (unpaired) electrons. The highest BCUT2D eigenvalue weighted by atomic mass is 15.1. The maximum Gasteiger partial charge on any atom is -0.0167 e. The van der Waals surface area contributed by atoms with Crippen molar-refractivity contribution >= 4 is 0 Å². The third-order valence-corrected chi connectivity index (χ3v) is 4.86. The summed E-state index contributed by atoms with van der Waals surface area (Å²) in [6, 6.07) is 0. The Kier molecular flexibility index (Phi) is 0.193. The van der Waals surface area contributed by atoms with Gasteiger partial charge >= 0.3 is 0 Å². The van der Waals surface area contributed by atoms with Crippen LogP contribution < -0.4 is 0 Å². The van der Waals surface area contributed by atoms with Gasteiger partial charge in [-0.3, -0.25) is 0 Å². The van der Waals surface area contributed by atoms with Crippen LogP contribution >= 0.6 is 0 Å². The molecule has 4 bridgehead atoms. The summed E-state index contributed by atoms with van der Waals surface area (Å²) in [6.45, 7) is 2.52. The quantitative estimate of drug-likeness (QED) is 0.440. The fourth-order valence-electron chi connectivity index (χ4n) is 4.63. The third kappa shape index (κ3) is 0.0892. The monoisotopic (exact) mass is 106 g/mol. The summed E-state index contributed by atoms with van der Waals surface area (Å²) >= 11 is 0. The van der Waals surface area contributed by atoms with Crippen molar-refractivity contribution in [2.75, 3.05) is 0 Å². The molecule has 0 saturated heterocycles. The molecule has 0 aromatic carbocycles. The zero-order chi connectivity index (χ0) is 5.15. The molecule has 0 aliphatic heterocycles. The molecule has 0 heterocycles. The van der Waals surface area contributed by atoms with Crippen LogP contribution in [0.15, 0.2) is 0 Å². The Labute approximate surface area is 49.3 Å². The number of rotatable bonds is 0. The Hall–Kier alpha value is 0. The summed E-state index contributed by atoms with van der Waals surface area (Å²) in [5, 5.41) is 0. The van der Waals surface area contributed by atoms with E-state index >= 15 is 0 Å². The molecule has 8 heavy (non-hydrogen) atoms. The van der Waals surface area contributed by atoms with E-state index in [1.54, 1.807) is 12.8 Å². The Bertz CT molecular complexity index is 204. The van der Waals surface area contributed by atoms with Crippen molar-refractivity contribution in [3.8, 4) is 0 Å². The van der Waals surface area contributed by atoms with Crippen LogP contribution in [0.5, 0.6) is 0 Å². The summed E-state index contributed by atoms with van der Waals surface area (Å²) in [6.07, 6.45) is 3.25. The van der Waals surface area contributed by atoms with Gasteiger partial charge in [-0.15, -0.1) is 0 Å². The zero-order valence-corrected chi connectivity index (χ0v) is 5.15. The van der Waals surface area contributed by atoms with Crippen LogP contribution in [-0.2, 0) is 0 Å². The average Bonchev–Trinajstić information content (AvgIpc) is 2.16. The van der Waals surface area contributed by atoms with E-state index in [9.17, 15) is 0 Å². The summed E-state index contributed by atoms with van der Waals surface area (Å²) in [5.74, 6) is 3.78. The lowest BCUT2D eigenvalue weighted by Crippen LogP contribution is -2.18.